The Morgan fingerprint density at radius 2 is 2.14 bits per heavy atom. The lowest BCUT2D eigenvalue weighted by Gasteiger charge is -2.15. The molecule has 1 atom stereocenters. The number of carbonyl (C=O) groups is 1. The summed E-state index contributed by atoms with van der Waals surface area (Å²) >= 11 is 3.21. The van der Waals surface area contributed by atoms with Gasteiger partial charge < -0.3 is 15.8 Å². The average molecular weight is 379 g/mol. The Hall–Kier alpha value is -1.12. The van der Waals surface area contributed by atoms with E-state index >= 15 is 0 Å². The van der Waals surface area contributed by atoms with Gasteiger partial charge in [-0.15, -0.1) is 0 Å². The van der Waals surface area contributed by atoms with Gasteiger partial charge >= 0.3 is 0 Å². The minimum absolute atomic E-state index is 0.0368. The second kappa shape index (κ2) is 7.77. The molecule has 1 amide bonds. The molecule has 0 spiro atoms. The summed E-state index contributed by atoms with van der Waals surface area (Å²) in [5, 5.41) is 1.37. The van der Waals surface area contributed by atoms with Crippen LogP contribution in [0.3, 0.4) is 0 Å². The van der Waals surface area contributed by atoms with Crippen LogP contribution in [0.2, 0.25) is 0 Å². The van der Waals surface area contributed by atoms with Crippen molar-refractivity contribution < 1.29 is 17.9 Å². The molecule has 0 aliphatic carbocycles. The van der Waals surface area contributed by atoms with Crippen LogP contribution in [0.5, 0.6) is 0 Å². The fourth-order valence-corrected chi connectivity index (χ4v) is 3.45. The molecule has 0 saturated heterocycles. The summed E-state index contributed by atoms with van der Waals surface area (Å²) in [4.78, 5) is 11.9. The van der Waals surface area contributed by atoms with Crippen LogP contribution in [-0.2, 0) is 19.4 Å². The summed E-state index contributed by atoms with van der Waals surface area (Å²) in [6, 6.07) is 4.46. The zero-order chi connectivity index (χ0) is 16.0. The van der Waals surface area contributed by atoms with Gasteiger partial charge in [0.15, 0.2) is 9.84 Å². The normalized spacial score (nSPS) is 12.9. The molecule has 0 bridgehead atoms. The Morgan fingerprint density at radius 3 is 2.71 bits per heavy atom. The minimum atomic E-state index is -3.82. The zero-order valence-electron chi connectivity index (χ0n) is 11.9. The van der Waals surface area contributed by atoms with Crippen LogP contribution in [0.1, 0.15) is 13.3 Å². The maximum absolute atomic E-state index is 12.4. The van der Waals surface area contributed by atoms with E-state index in [0.717, 1.165) is 0 Å². The molecule has 118 valence electrons. The molecule has 0 heterocycles. The number of nitrogens with two attached hydrogens (primary N) is 1. The SMILES string of the molecule is COCCCNC(=O)C(C)S(=O)(=O)c1ccc(Br)cc1N. The minimum Gasteiger partial charge on any atom is -0.398 e. The highest BCUT2D eigenvalue weighted by atomic mass is 79.9. The highest BCUT2D eigenvalue weighted by Gasteiger charge is 2.31. The first-order valence-corrected chi connectivity index (χ1v) is 8.70. The third-order valence-electron chi connectivity index (χ3n) is 2.94. The maximum atomic E-state index is 12.4. The summed E-state index contributed by atoms with van der Waals surface area (Å²) in [6.45, 7) is 2.21. The number of ether oxygens (including phenoxy) is 1. The number of amides is 1. The topological polar surface area (TPSA) is 98.5 Å². The first-order chi connectivity index (χ1) is 9.80. The maximum Gasteiger partial charge on any atom is 0.238 e. The number of benzene rings is 1. The summed E-state index contributed by atoms with van der Waals surface area (Å²) < 4.78 is 30.4. The largest absolute Gasteiger partial charge is 0.398 e. The van der Waals surface area contributed by atoms with Crippen molar-refractivity contribution in [3.8, 4) is 0 Å². The van der Waals surface area contributed by atoms with E-state index in [9.17, 15) is 13.2 Å². The van der Waals surface area contributed by atoms with Crippen LogP contribution in [-0.4, -0.2) is 39.8 Å². The molecule has 0 saturated carbocycles. The summed E-state index contributed by atoms with van der Waals surface area (Å²) in [5.41, 5.74) is 5.84. The lowest BCUT2D eigenvalue weighted by atomic mass is 10.3. The number of rotatable bonds is 7. The lowest BCUT2D eigenvalue weighted by molar-refractivity contribution is -0.120. The van der Waals surface area contributed by atoms with Crippen LogP contribution >= 0.6 is 15.9 Å². The molecule has 3 N–H and O–H groups in total. The van der Waals surface area contributed by atoms with Gasteiger partial charge in [-0.05, 0) is 31.5 Å². The number of sulfone groups is 1. The van der Waals surface area contributed by atoms with Crippen molar-refractivity contribution in [1.82, 2.24) is 5.32 Å². The van der Waals surface area contributed by atoms with E-state index in [2.05, 4.69) is 21.2 Å². The molecule has 1 aromatic carbocycles. The van der Waals surface area contributed by atoms with Crippen molar-refractivity contribution in [2.45, 2.75) is 23.5 Å². The molecule has 0 aromatic heterocycles. The van der Waals surface area contributed by atoms with Gasteiger partial charge in [-0.2, -0.15) is 0 Å². The molecule has 0 aliphatic rings. The number of methoxy groups -OCH3 is 1. The molecular formula is C13H19BrN2O4S. The Morgan fingerprint density at radius 1 is 1.48 bits per heavy atom. The quantitative estimate of drug-likeness (QED) is 0.551. The third-order valence-corrected chi connectivity index (χ3v) is 5.56. The van der Waals surface area contributed by atoms with Gasteiger partial charge in [-0.3, -0.25) is 4.79 Å². The average Bonchev–Trinajstić information content (AvgIpc) is 2.42. The molecule has 1 aromatic rings. The molecular weight excluding hydrogens is 360 g/mol. The van der Waals surface area contributed by atoms with E-state index in [4.69, 9.17) is 10.5 Å². The molecule has 0 radical (unpaired) electrons. The first kappa shape index (κ1) is 17.9. The van der Waals surface area contributed by atoms with Crippen LogP contribution in [0.4, 0.5) is 5.69 Å². The predicted octanol–water partition coefficient (Wildman–Crippen LogP) is 1.35. The highest BCUT2D eigenvalue weighted by molar-refractivity contribution is 9.10. The van der Waals surface area contributed by atoms with E-state index in [1.807, 2.05) is 0 Å². The second-order valence-corrected chi connectivity index (χ2v) is 7.66. The molecule has 1 rings (SSSR count). The van der Waals surface area contributed by atoms with Gasteiger partial charge in [0.2, 0.25) is 5.91 Å². The van der Waals surface area contributed by atoms with Gasteiger partial charge in [0.1, 0.15) is 5.25 Å². The first-order valence-electron chi connectivity index (χ1n) is 6.36. The van der Waals surface area contributed by atoms with Crippen LogP contribution in [0.25, 0.3) is 0 Å². The zero-order valence-corrected chi connectivity index (χ0v) is 14.3. The fourth-order valence-electron chi connectivity index (χ4n) is 1.68. The van der Waals surface area contributed by atoms with E-state index in [1.54, 1.807) is 13.2 Å². The fraction of sp³-hybridized carbons (Fsp3) is 0.462. The monoisotopic (exact) mass is 378 g/mol. The summed E-state index contributed by atoms with van der Waals surface area (Å²) in [5.74, 6) is -0.548. The van der Waals surface area contributed by atoms with E-state index < -0.39 is 21.0 Å². The van der Waals surface area contributed by atoms with Crippen molar-refractivity contribution in [1.29, 1.82) is 0 Å². The number of anilines is 1. The van der Waals surface area contributed by atoms with Crippen molar-refractivity contribution in [2.24, 2.45) is 0 Å². The number of nitrogens with one attached hydrogen (secondary N) is 1. The molecule has 8 heteroatoms. The van der Waals surface area contributed by atoms with Gasteiger partial charge in [-0.1, -0.05) is 15.9 Å². The third kappa shape index (κ3) is 4.69. The Kier molecular flexibility index (Phi) is 6.63. The van der Waals surface area contributed by atoms with Crippen molar-refractivity contribution in [2.75, 3.05) is 26.0 Å². The second-order valence-electron chi connectivity index (χ2n) is 4.51. The lowest BCUT2D eigenvalue weighted by Crippen LogP contribution is -2.38. The van der Waals surface area contributed by atoms with Gasteiger partial charge in [0, 0.05) is 24.7 Å². The van der Waals surface area contributed by atoms with Crippen LogP contribution < -0.4 is 11.1 Å². The molecule has 6 nitrogen and oxygen atoms in total. The Bertz CT molecular complexity index is 604. The molecule has 0 aliphatic heterocycles. The van der Waals surface area contributed by atoms with E-state index in [-0.39, 0.29) is 10.6 Å². The van der Waals surface area contributed by atoms with Crippen molar-refractivity contribution in [3.63, 3.8) is 0 Å². The van der Waals surface area contributed by atoms with Crippen molar-refractivity contribution >= 4 is 37.4 Å². The smallest absolute Gasteiger partial charge is 0.238 e. The van der Waals surface area contributed by atoms with Gasteiger partial charge in [0.25, 0.3) is 0 Å². The van der Waals surface area contributed by atoms with Gasteiger partial charge in [0.05, 0.1) is 10.6 Å². The van der Waals surface area contributed by atoms with E-state index in [0.29, 0.717) is 24.0 Å². The van der Waals surface area contributed by atoms with Gasteiger partial charge in [-0.25, -0.2) is 8.42 Å². The summed E-state index contributed by atoms with van der Waals surface area (Å²) in [6.07, 6.45) is 0.620. The number of halogens is 1. The Balaban J connectivity index is 2.84. The number of hydrogen-bond acceptors (Lipinski definition) is 5. The number of nitrogen functional groups attached to an aromatic ring is 1. The highest BCUT2D eigenvalue weighted by Crippen LogP contribution is 2.26. The van der Waals surface area contributed by atoms with Crippen LogP contribution in [0, 0.1) is 0 Å². The summed E-state index contributed by atoms with van der Waals surface area (Å²) in [7, 11) is -2.26. The van der Waals surface area contributed by atoms with Crippen LogP contribution in [0.15, 0.2) is 27.6 Å². The number of carbonyl (C=O) groups excluding carboxylic acids is 1. The predicted molar refractivity (Wildman–Crippen MR) is 84.7 cm³/mol. The molecule has 0 fully saturated rings. The molecule has 1 unspecified atom stereocenters. The van der Waals surface area contributed by atoms with Crippen molar-refractivity contribution in [3.05, 3.63) is 22.7 Å². The Labute approximate surface area is 133 Å². The van der Waals surface area contributed by atoms with E-state index in [1.165, 1.54) is 19.1 Å². The standard InChI is InChI=1S/C13H19BrN2O4S/c1-9(13(17)16-6-3-7-20-2)21(18,19)12-5-4-10(14)8-11(12)15/h4-5,8-9H,3,6-7,15H2,1-2H3,(H,16,17). The molecule has 21 heavy (non-hydrogen) atoms. The number of hydrogen-bond donors (Lipinski definition) is 2.